The first-order chi connectivity index (χ1) is 12.5. The highest BCUT2D eigenvalue weighted by atomic mass is 28.3. The Labute approximate surface area is 155 Å². The Balaban J connectivity index is 2.17. The molecule has 0 aliphatic heterocycles. The van der Waals surface area contributed by atoms with Crippen LogP contribution in [-0.4, -0.2) is 15.2 Å². The monoisotopic (exact) mass is 354 g/mol. The molecule has 0 aliphatic carbocycles. The molecule has 0 amide bonds. The van der Waals surface area contributed by atoms with Gasteiger partial charge in [0.05, 0.1) is 7.11 Å². The maximum Gasteiger partial charge on any atom is 0.129 e. The highest BCUT2D eigenvalue weighted by Gasteiger charge is 2.11. The van der Waals surface area contributed by atoms with Crippen LogP contribution in [0.5, 0.6) is 5.75 Å². The summed E-state index contributed by atoms with van der Waals surface area (Å²) in [7, 11) is 0.251. The molecule has 1 nitrogen and oxygen atoms in total. The molecule has 0 unspecified atom stereocenters. The van der Waals surface area contributed by atoms with Gasteiger partial charge in [-0.2, -0.15) is 0 Å². The van der Waals surface area contributed by atoms with Crippen molar-refractivity contribution in [3.05, 3.63) is 66.2 Å². The maximum absolute atomic E-state index is 5.40. The summed E-state index contributed by atoms with van der Waals surface area (Å²) < 4.78 is 5.40. The molecule has 4 rings (SSSR count). The molecule has 0 aliphatic rings. The zero-order valence-corrected chi connectivity index (χ0v) is 16.7. The highest BCUT2D eigenvalue weighted by Crippen LogP contribution is 2.35. The van der Waals surface area contributed by atoms with Crippen molar-refractivity contribution in [1.29, 1.82) is 0 Å². The third kappa shape index (κ3) is 2.96. The molecule has 0 radical (unpaired) electrons. The molecule has 4 aromatic rings. The Hall–Kier alpha value is -2.76. The summed E-state index contributed by atoms with van der Waals surface area (Å²) >= 11 is 0. The highest BCUT2D eigenvalue weighted by molar-refractivity contribution is 6.83. The average molecular weight is 355 g/mol. The molecular formula is C24H22OSi. The van der Waals surface area contributed by atoms with Gasteiger partial charge in [-0.3, -0.25) is 0 Å². The Morgan fingerprint density at radius 1 is 0.769 bits per heavy atom. The van der Waals surface area contributed by atoms with E-state index in [4.69, 9.17) is 4.74 Å². The molecule has 2 heteroatoms. The second-order valence-corrected chi connectivity index (χ2v) is 12.5. The fourth-order valence-corrected chi connectivity index (χ4v) is 3.91. The number of ether oxygens (including phenoxy) is 1. The summed E-state index contributed by atoms with van der Waals surface area (Å²) in [6.07, 6.45) is 0. The van der Waals surface area contributed by atoms with Gasteiger partial charge in [-0.15, -0.1) is 5.54 Å². The van der Waals surface area contributed by atoms with Crippen LogP contribution in [0, 0.1) is 11.5 Å². The Morgan fingerprint density at radius 3 is 2.27 bits per heavy atom. The zero-order valence-electron chi connectivity index (χ0n) is 15.7. The fourth-order valence-electron chi connectivity index (χ4n) is 3.40. The van der Waals surface area contributed by atoms with Crippen LogP contribution in [0.15, 0.2) is 60.7 Å². The lowest BCUT2D eigenvalue weighted by Gasteiger charge is -2.12. The SMILES string of the molecule is COc1ccc2c(ccc3c4ccccc4cc(C#C[Si](C)(C)C)c23)c1. The molecule has 0 aromatic heterocycles. The Morgan fingerprint density at radius 2 is 1.50 bits per heavy atom. The second kappa shape index (κ2) is 6.19. The van der Waals surface area contributed by atoms with E-state index >= 15 is 0 Å². The van der Waals surface area contributed by atoms with Gasteiger partial charge in [-0.25, -0.2) is 0 Å². The van der Waals surface area contributed by atoms with E-state index in [1.54, 1.807) is 7.11 Å². The molecule has 0 bridgehead atoms. The van der Waals surface area contributed by atoms with Crippen molar-refractivity contribution >= 4 is 40.4 Å². The number of methoxy groups -OCH3 is 1. The van der Waals surface area contributed by atoms with Crippen molar-refractivity contribution in [3.63, 3.8) is 0 Å². The first-order valence-electron chi connectivity index (χ1n) is 8.92. The van der Waals surface area contributed by atoms with Crippen LogP contribution in [0.25, 0.3) is 32.3 Å². The van der Waals surface area contributed by atoms with Gasteiger partial charge in [0.15, 0.2) is 0 Å². The number of fused-ring (bicyclic) bond motifs is 5. The van der Waals surface area contributed by atoms with Crippen molar-refractivity contribution in [2.75, 3.05) is 7.11 Å². The molecule has 0 atom stereocenters. The molecule has 0 spiro atoms. The third-order valence-corrected chi connectivity index (χ3v) is 5.49. The van der Waals surface area contributed by atoms with Crippen molar-refractivity contribution in [2.45, 2.75) is 19.6 Å². The van der Waals surface area contributed by atoms with E-state index in [-0.39, 0.29) is 0 Å². The van der Waals surface area contributed by atoms with E-state index in [0.29, 0.717) is 0 Å². The van der Waals surface area contributed by atoms with Crippen LogP contribution in [0.4, 0.5) is 0 Å². The van der Waals surface area contributed by atoms with E-state index < -0.39 is 8.07 Å². The van der Waals surface area contributed by atoms with Crippen LogP contribution in [0.3, 0.4) is 0 Å². The van der Waals surface area contributed by atoms with E-state index in [2.05, 4.69) is 85.7 Å². The predicted octanol–water partition coefficient (Wildman–Crippen LogP) is 6.38. The fraction of sp³-hybridized carbons (Fsp3) is 0.167. The summed E-state index contributed by atoms with van der Waals surface area (Å²) in [4.78, 5) is 0. The average Bonchev–Trinajstić information content (AvgIpc) is 2.64. The van der Waals surface area contributed by atoms with E-state index in [1.807, 2.05) is 6.07 Å². The summed E-state index contributed by atoms with van der Waals surface area (Å²) in [5, 5.41) is 7.44. The zero-order chi connectivity index (χ0) is 18.3. The topological polar surface area (TPSA) is 9.23 Å². The van der Waals surface area contributed by atoms with Crippen molar-refractivity contribution in [3.8, 4) is 17.2 Å². The van der Waals surface area contributed by atoms with Crippen molar-refractivity contribution in [2.24, 2.45) is 0 Å². The molecular weight excluding hydrogens is 332 g/mol. The lowest BCUT2D eigenvalue weighted by atomic mass is 9.93. The lowest BCUT2D eigenvalue weighted by Crippen LogP contribution is -2.16. The third-order valence-electron chi connectivity index (χ3n) is 4.62. The molecule has 0 N–H and O–H groups in total. The molecule has 26 heavy (non-hydrogen) atoms. The molecule has 0 saturated carbocycles. The number of benzene rings is 4. The van der Waals surface area contributed by atoms with Crippen LogP contribution >= 0.6 is 0 Å². The standard InChI is InChI=1S/C24H22OSi/c1-25-20-10-12-22-18(16-20)9-11-23-21-8-6-5-7-17(21)15-19(24(22)23)13-14-26(2,3)4/h5-12,15-16H,1-4H3. The first-order valence-corrected chi connectivity index (χ1v) is 12.4. The van der Waals surface area contributed by atoms with Gasteiger partial charge in [0, 0.05) is 10.9 Å². The smallest absolute Gasteiger partial charge is 0.129 e. The largest absolute Gasteiger partial charge is 0.497 e. The minimum Gasteiger partial charge on any atom is -0.497 e. The van der Waals surface area contributed by atoms with Crippen LogP contribution < -0.4 is 4.74 Å². The molecule has 0 heterocycles. The molecule has 0 fully saturated rings. The van der Waals surface area contributed by atoms with Gasteiger partial charge in [0.25, 0.3) is 0 Å². The van der Waals surface area contributed by atoms with E-state index in [0.717, 1.165) is 11.3 Å². The predicted molar refractivity (Wildman–Crippen MR) is 116 cm³/mol. The van der Waals surface area contributed by atoms with Gasteiger partial charge in [-0.05, 0) is 45.1 Å². The van der Waals surface area contributed by atoms with Crippen molar-refractivity contribution in [1.82, 2.24) is 0 Å². The van der Waals surface area contributed by atoms with Gasteiger partial charge in [0.2, 0.25) is 0 Å². The van der Waals surface area contributed by atoms with Crippen LogP contribution in [-0.2, 0) is 0 Å². The Kier molecular flexibility index (Phi) is 3.98. The van der Waals surface area contributed by atoms with Crippen LogP contribution in [0.1, 0.15) is 5.56 Å². The lowest BCUT2D eigenvalue weighted by molar-refractivity contribution is 0.415. The molecule has 0 saturated heterocycles. The van der Waals surface area contributed by atoms with Crippen molar-refractivity contribution < 1.29 is 4.74 Å². The van der Waals surface area contributed by atoms with E-state index in [9.17, 15) is 0 Å². The number of hydrogen-bond acceptors (Lipinski definition) is 1. The summed E-state index contributed by atoms with van der Waals surface area (Å²) in [6.45, 7) is 6.85. The first kappa shape index (κ1) is 16.7. The normalized spacial score (nSPS) is 11.5. The molecule has 4 aromatic carbocycles. The minimum atomic E-state index is -1.46. The Bertz CT molecular complexity index is 1200. The number of hydrogen-bond donors (Lipinski definition) is 0. The molecule has 128 valence electrons. The second-order valence-electron chi connectivity index (χ2n) is 7.72. The van der Waals surface area contributed by atoms with Gasteiger partial charge < -0.3 is 4.74 Å². The van der Waals surface area contributed by atoms with Gasteiger partial charge in [-0.1, -0.05) is 68.0 Å². The van der Waals surface area contributed by atoms with Gasteiger partial charge >= 0.3 is 0 Å². The summed E-state index contributed by atoms with van der Waals surface area (Å²) in [5.74, 6) is 4.40. The maximum atomic E-state index is 5.40. The summed E-state index contributed by atoms with van der Waals surface area (Å²) in [6, 6.07) is 21.5. The van der Waals surface area contributed by atoms with Gasteiger partial charge in [0.1, 0.15) is 13.8 Å². The van der Waals surface area contributed by atoms with E-state index in [1.165, 1.54) is 32.3 Å². The van der Waals surface area contributed by atoms with Crippen LogP contribution in [0.2, 0.25) is 19.6 Å². The quantitative estimate of drug-likeness (QED) is 0.219. The summed E-state index contributed by atoms with van der Waals surface area (Å²) in [5.41, 5.74) is 4.67. The minimum absolute atomic E-state index is 0.882. The number of rotatable bonds is 1.